The van der Waals surface area contributed by atoms with Gasteiger partial charge in [-0.3, -0.25) is 19.3 Å². The Morgan fingerprint density at radius 1 is 0.733 bits per heavy atom. The summed E-state index contributed by atoms with van der Waals surface area (Å²) in [6, 6.07) is -1.97. The zero-order valence-electron chi connectivity index (χ0n) is 19.0. The smallest absolute Gasteiger partial charge is 0.320 e. The summed E-state index contributed by atoms with van der Waals surface area (Å²) in [5.41, 5.74) is 0. The number of carboxylic acid groups (broad SMARTS) is 2. The maximum absolute atomic E-state index is 12.5. The van der Waals surface area contributed by atoms with Crippen LogP contribution >= 0.6 is 0 Å². The first-order chi connectivity index (χ1) is 14.3. The van der Waals surface area contributed by atoms with Gasteiger partial charge in [-0.2, -0.15) is 0 Å². The molecule has 30 heavy (non-hydrogen) atoms. The fourth-order valence-corrected chi connectivity index (χ4v) is 3.47. The molecule has 176 valence electrons. The number of aliphatic hydroxyl groups excluding tert-OH is 1. The van der Waals surface area contributed by atoms with Crippen LogP contribution in [0.5, 0.6) is 0 Å². The van der Waals surface area contributed by atoms with Crippen molar-refractivity contribution in [2.24, 2.45) is 0 Å². The van der Waals surface area contributed by atoms with E-state index in [-0.39, 0.29) is 32.1 Å². The summed E-state index contributed by atoms with van der Waals surface area (Å²) < 4.78 is 0. The minimum Gasteiger partial charge on any atom is -0.480 e. The Labute approximate surface area is 181 Å². The van der Waals surface area contributed by atoms with Crippen LogP contribution in [0.15, 0.2) is 0 Å². The molecule has 0 rings (SSSR count). The summed E-state index contributed by atoms with van der Waals surface area (Å²) in [6.45, 7) is 5.34. The number of carbonyl (C=O) groups excluding carboxylic acids is 1. The first-order valence-corrected chi connectivity index (χ1v) is 11.4. The average Bonchev–Trinajstić information content (AvgIpc) is 2.71. The number of carboxylic acids is 2. The fraction of sp³-hybridized carbons (Fsp3) is 0.864. The lowest BCUT2D eigenvalue weighted by molar-refractivity contribution is -0.149. The molecule has 2 unspecified atom stereocenters. The van der Waals surface area contributed by atoms with E-state index in [0.717, 1.165) is 19.3 Å². The summed E-state index contributed by atoms with van der Waals surface area (Å²) in [5.74, 6) is -2.31. The second-order valence-electron chi connectivity index (χ2n) is 7.95. The number of aliphatic hydroxyl groups is 1. The van der Waals surface area contributed by atoms with Crippen LogP contribution in [0.1, 0.15) is 85.0 Å². The standard InChI is InChI=1S/C22H42N2O6/c1-4-5-6-7-8-9-10-11-12-13-20(26)23(16-17-25)14-15-24(18(2)21(27)28)19(3)22(29)30/h18-19,25H,4-17H2,1-3H3,(H,27,28)(H,29,30). The van der Waals surface area contributed by atoms with E-state index in [0.29, 0.717) is 6.42 Å². The minimum atomic E-state index is -1.11. The Balaban J connectivity index is 4.45. The number of unbranched alkanes of at least 4 members (excludes halogenated alkanes) is 8. The number of hydrogen-bond acceptors (Lipinski definition) is 5. The number of aliphatic carboxylic acids is 2. The van der Waals surface area contributed by atoms with Crippen molar-refractivity contribution in [3.05, 3.63) is 0 Å². The van der Waals surface area contributed by atoms with Gasteiger partial charge in [-0.25, -0.2) is 0 Å². The van der Waals surface area contributed by atoms with Crippen molar-refractivity contribution >= 4 is 17.8 Å². The van der Waals surface area contributed by atoms with Crippen LogP contribution in [0.2, 0.25) is 0 Å². The van der Waals surface area contributed by atoms with Crippen LogP contribution in [-0.4, -0.2) is 81.3 Å². The Hall–Kier alpha value is -1.67. The van der Waals surface area contributed by atoms with Crippen molar-refractivity contribution in [3.8, 4) is 0 Å². The van der Waals surface area contributed by atoms with Gasteiger partial charge in [0.2, 0.25) is 5.91 Å². The number of amides is 1. The Kier molecular flexibility index (Phi) is 16.1. The van der Waals surface area contributed by atoms with Gasteiger partial charge in [-0.1, -0.05) is 58.3 Å². The predicted molar refractivity (Wildman–Crippen MR) is 116 cm³/mol. The summed E-state index contributed by atoms with van der Waals surface area (Å²) in [5, 5.41) is 27.8. The van der Waals surface area contributed by atoms with Crippen LogP contribution < -0.4 is 0 Å². The van der Waals surface area contributed by atoms with E-state index in [1.165, 1.54) is 62.2 Å². The highest BCUT2D eigenvalue weighted by molar-refractivity contribution is 5.77. The van der Waals surface area contributed by atoms with Crippen molar-refractivity contribution < 1.29 is 29.7 Å². The largest absolute Gasteiger partial charge is 0.480 e. The Bertz CT molecular complexity index is 480. The number of nitrogens with zero attached hydrogens (tertiary/aromatic N) is 2. The van der Waals surface area contributed by atoms with Crippen LogP contribution in [0.4, 0.5) is 0 Å². The van der Waals surface area contributed by atoms with Crippen LogP contribution in [0, 0.1) is 0 Å². The molecule has 0 spiro atoms. The summed E-state index contributed by atoms with van der Waals surface area (Å²) >= 11 is 0. The number of hydrogen-bond donors (Lipinski definition) is 3. The molecule has 1 amide bonds. The lowest BCUT2D eigenvalue weighted by Crippen LogP contribution is -2.51. The zero-order valence-corrected chi connectivity index (χ0v) is 19.0. The van der Waals surface area contributed by atoms with Crippen LogP contribution in [0.25, 0.3) is 0 Å². The summed E-state index contributed by atoms with van der Waals surface area (Å²) in [4.78, 5) is 38.0. The van der Waals surface area contributed by atoms with Crippen LogP contribution in [0.3, 0.4) is 0 Å². The molecule has 2 atom stereocenters. The van der Waals surface area contributed by atoms with Gasteiger partial charge >= 0.3 is 11.9 Å². The number of carbonyl (C=O) groups is 3. The molecule has 0 radical (unpaired) electrons. The van der Waals surface area contributed by atoms with E-state index in [2.05, 4.69) is 6.92 Å². The highest BCUT2D eigenvalue weighted by atomic mass is 16.4. The molecule has 0 saturated carbocycles. The van der Waals surface area contributed by atoms with Crippen molar-refractivity contribution in [2.45, 2.75) is 97.1 Å². The second kappa shape index (κ2) is 17.1. The number of rotatable bonds is 19. The van der Waals surface area contributed by atoms with Gasteiger partial charge in [0.1, 0.15) is 12.1 Å². The van der Waals surface area contributed by atoms with E-state index < -0.39 is 24.0 Å². The molecule has 0 bridgehead atoms. The second-order valence-corrected chi connectivity index (χ2v) is 7.95. The molecule has 3 N–H and O–H groups in total. The van der Waals surface area contributed by atoms with Crippen molar-refractivity contribution in [3.63, 3.8) is 0 Å². The molecule has 0 heterocycles. The van der Waals surface area contributed by atoms with E-state index in [4.69, 9.17) is 0 Å². The van der Waals surface area contributed by atoms with Gasteiger partial charge in [0.05, 0.1) is 6.61 Å². The van der Waals surface area contributed by atoms with Crippen LogP contribution in [-0.2, 0) is 14.4 Å². The quantitative estimate of drug-likeness (QED) is 0.270. The molecule has 0 aromatic heterocycles. The van der Waals surface area contributed by atoms with Gasteiger partial charge in [-0.15, -0.1) is 0 Å². The maximum atomic E-state index is 12.5. The predicted octanol–water partition coefficient (Wildman–Crippen LogP) is 2.98. The van der Waals surface area contributed by atoms with Crippen molar-refractivity contribution in [2.75, 3.05) is 26.2 Å². The summed E-state index contributed by atoms with van der Waals surface area (Å²) in [7, 11) is 0. The molecular weight excluding hydrogens is 388 g/mol. The lowest BCUT2D eigenvalue weighted by Gasteiger charge is -2.32. The van der Waals surface area contributed by atoms with E-state index in [1.807, 2.05) is 0 Å². The fourth-order valence-electron chi connectivity index (χ4n) is 3.47. The Morgan fingerprint density at radius 3 is 1.63 bits per heavy atom. The van der Waals surface area contributed by atoms with Gasteiger partial charge < -0.3 is 20.2 Å². The van der Waals surface area contributed by atoms with Gasteiger partial charge in [-0.05, 0) is 20.3 Å². The van der Waals surface area contributed by atoms with Crippen molar-refractivity contribution in [1.82, 2.24) is 9.80 Å². The molecule has 0 aliphatic rings. The van der Waals surface area contributed by atoms with Gasteiger partial charge in [0, 0.05) is 26.1 Å². The molecule has 0 fully saturated rings. The third-order valence-electron chi connectivity index (χ3n) is 5.55. The third-order valence-corrected chi connectivity index (χ3v) is 5.55. The van der Waals surface area contributed by atoms with E-state index in [9.17, 15) is 29.7 Å². The molecule has 8 nitrogen and oxygen atoms in total. The van der Waals surface area contributed by atoms with E-state index in [1.54, 1.807) is 0 Å². The topological polar surface area (TPSA) is 118 Å². The normalized spacial score (nSPS) is 13.2. The molecule has 8 heteroatoms. The third kappa shape index (κ3) is 12.1. The van der Waals surface area contributed by atoms with E-state index >= 15 is 0 Å². The molecule has 0 aromatic carbocycles. The minimum absolute atomic E-state index is 0.0853. The molecule has 0 aromatic rings. The SMILES string of the molecule is CCCCCCCCCCCC(=O)N(CCO)CCN(C(C)C(=O)O)C(C)C(=O)O. The highest BCUT2D eigenvalue weighted by Gasteiger charge is 2.30. The Morgan fingerprint density at radius 2 is 1.20 bits per heavy atom. The maximum Gasteiger partial charge on any atom is 0.320 e. The molecule has 0 aliphatic heterocycles. The highest BCUT2D eigenvalue weighted by Crippen LogP contribution is 2.12. The molecule has 0 saturated heterocycles. The molecule has 0 aliphatic carbocycles. The molecular formula is C22H42N2O6. The monoisotopic (exact) mass is 430 g/mol. The summed E-state index contributed by atoms with van der Waals surface area (Å²) in [6.07, 6.45) is 10.8. The van der Waals surface area contributed by atoms with Crippen molar-refractivity contribution in [1.29, 1.82) is 0 Å². The zero-order chi connectivity index (χ0) is 22.9. The van der Waals surface area contributed by atoms with Gasteiger partial charge in [0.15, 0.2) is 0 Å². The average molecular weight is 431 g/mol. The first kappa shape index (κ1) is 28.3. The lowest BCUT2D eigenvalue weighted by atomic mass is 10.1. The van der Waals surface area contributed by atoms with Gasteiger partial charge in [0.25, 0.3) is 0 Å². The first-order valence-electron chi connectivity index (χ1n) is 11.4.